The Morgan fingerprint density at radius 2 is 2.06 bits per heavy atom. The molecular formula is C14H21N3O. The number of benzene rings is 1. The van der Waals surface area contributed by atoms with Gasteiger partial charge in [-0.05, 0) is 51.1 Å². The molecule has 1 atom stereocenters. The second-order valence-electron chi connectivity index (χ2n) is 5.04. The summed E-state index contributed by atoms with van der Waals surface area (Å²) in [4.78, 5) is 11.8. The highest BCUT2D eigenvalue weighted by atomic mass is 16.1. The largest absolute Gasteiger partial charge is 0.381 e. The minimum absolute atomic E-state index is 0.0147. The van der Waals surface area contributed by atoms with Crippen molar-refractivity contribution in [2.75, 3.05) is 18.4 Å². The first-order chi connectivity index (χ1) is 8.65. The third-order valence-electron chi connectivity index (χ3n) is 3.00. The van der Waals surface area contributed by atoms with E-state index in [0.29, 0.717) is 11.6 Å². The zero-order chi connectivity index (χ0) is 13.0. The molecule has 1 heterocycles. The highest BCUT2D eigenvalue weighted by Crippen LogP contribution is 2.13. The van der Waals surface area contributed by atoms with E-state index in [9.17, 15) is 4.79 Å². The summed E-state index contributed by atoms with van der Waals surface area (Å²) >= 11 is 0. The normalized spacial score (nSPS) is 18.9. The van der Waals surface area contributed by atoms with Crippen LogP contribution < -0.4 is 16.0 Å². The third kappa shape index (κ3) is 3.47. The molecule has 4 heteroatoms. The molecule has 0 aliphatic carbocycles. The van der Waals surface area contributed by atoms with Crippen LogP contribution in [0.3, 0.4) is 0 Å². The van der Waals surface area contributed by atoms with E-state index >= 15 is 0 Å². The first kappa shape index (κ1) is 12.9. The summed E-state index contributed by atoms with van der Waals surface area (Å²) < 4.78 is 0. The minimum atomic E-state index is -0.0147. The van der Waals surface area contributed by atoms with Gasteiger partial charge >= 0.3 is 0 Å². The number of carbonyl (C=O) groups excluding carboxylic acids is 1. The van der Waals surface area contributed by atoms with Crippen molar-refractivity contribution in [1.82, 2.24) is 10.6 Å². The maximum atomic E-state index is 11.8. The molecule has 0 aromatic heterocycles. The van der Waals surface area contributed by atoms with E-state index in [1.807, 2.05) is 38.1 Å². The van der Waals surface area contributed by atoms with Gasteiger partial charge < -0.3 is 16.0 Å². The van der Waals surface area contributed by atoms with Gasteiger partial charge in [-0.1, -0.05) is 0 Å². The van der Waals surface area contributed by atoms with Crippen LogP contribution in [0.1, 0.15) is 30.6 Å². The van der Waals surface area contributed by atoms with Gasteiger partial charge in [0.15, 0.2) is 0 Å². The van der Waals surface area contributed by atoms with Crippen molar-refractivity contribution in [3.63, 3.8) is 0 Å². The highest BCUT2D eigenvalue weighted by molar-refractivity contribution is 5.94. The maximum Gasteiger partial charge on any atom is 0.251 e. The van der Waals surface area contributed by atoms with Crippen LogP contribution in [0, 0.1) is 0 Å². The summed E-state index contributed by atoms with van der Waals surface area (Å²) in [6, 6.07) is 8.33. The Bertz CT molecular complexity index is 394. The molecule has 18 heavy (non-hydrogen) atoms. The zero-order valence-corrected chi connectivity index (χ0v) is 11.0. The molecule has 1 amide bonds. The lowest BCUT2D eigenvalue weighted by Gasteiger charge is -2.13. The summed E-state index contributed by atoms with van der Waals surface area (Å²) in [5, 5.41) is 9.65. The lowest BCUT2D eigenvalue weighted by atomic mass is 10.1. The van der Waals surface area contributed by atoms with E-state index in [4.69, 9.17) is 0 Å². The van der Waals surface area contributed by atoms with Crippen molar-refractivity contribution in [2.24, 2.45) is 0 Å². The number of hydrogen-bond donors (Lipinski definition) is 3. The van der Waals surface area contributed by atoms with Gasteiger partial charge in [0.2, 0.25) is 0 Å². The van der Waals surface area contributed by atoms with Crippen molar-refractivity contribution >= 4 is 11.6 Å². The van der Waals surface area contributed by atoms with Crippen LogP contribution in [0.5, 0.6) is 0 Å². The van der Waals surface area contributed by atoms with Crippen molar-refractivity contribution < 1.29 is 4.79 Å². The second kappa shape index (κ2) is 5.87. The molecule has 4 nitrogen and oxygen atoms in total. The van der Waals surface area contributed by atoms with E-state index < -0.39 is 0 Å². The molecule has 0 spiro atoms. The zero-order valence-electron chi connectivity index (χ0n) is 11.0. The number of amides is 1. The van der Waals surface area contributed by atoms with Gasteiger partial charge in [-0.15, -0.1) is 0 Å². The van der Waals surface area contributed by atoms with Gasteiger partial charge in [0.25, 0.3) is 5.91 Å². The van der Waals surface area contributed by atoms with Gasteiger partial charge in [0.05, 0.1) is 0 Å². The van der Waals surface area contributed by atoms with Crippen molar-refractivity contribution in [2.45, 2.75) is 32.4 Å². The smallest absolute Gasteiger partial charge is 0.251 e. The van der Waals surface area contributed by atoms with Crippen LogP contribution in [-0.2, 0) is 0 Å². The quantitative estimate of drug-likeness (QED) is 0.757. The molecule has 1 aliphatic heterocycles. The lowest BCUT2D eigenvalue weighted by Crippen LogP contribution is -2.30. The SMILES string of the molecule is CC(C)NC(=O)c1ccc(NC2CCNC2)cc1. The summed E-state index contributed by atoms with van der Waals surface area (Å²) in [5.74, 6) is -0.0147. The molecule has 3 N–H and O–H groups in total. The van der Waals surface area contributed by atoms with Crippen molar-refractivity contribution in [3.05, 3.63) is 29.8 Å². The highest BCUT2D eigenvalue weighted by Gasteiger charge is 2.14. The maximum absolute atomic E-state index is 11.8. The summed E-state index contributed by atoms with van der Waals surface area (Å²) in [6.07, 6.45) is 1.15. The van der Waals surface area contributed by atoms with Gasteiger partial charge in [0, 0.05) is 29.9 Å². The van der Waals surface area contributed by atoms with Crippen LogP contribution >= 0.6 is 0 Å². The topological polar surface area (TPSA) is 53.2 Å². The average Bonchev–Trinajstić information content (AvgIpc) is 2.82. The van der Waals surface area contributed by atoms with Crippen LogP contribution in [0.25, 0.3) is 0 Å². The van der Waals surface area contributed by atoms with E-state index in [1.165, 1.54) is 0 Å². The lowest BCUT2D eigenvalue weighted by molar-refractivity contribution is 0.0943. The van der Waals surface area contributed by atoms with Gasteiger partial charge in [-0.25, -0.2) is 0 Å². The van der Waals surface area contributed by atoms with Gasteiger partial charge in [-0.3, -0.25) is 4.79 Å². The molecule has 2 rings (SSSR count). The fraction of sp³-hybridized carbons (Fsp3) is 0.500. The number of hydrogen-bond acceptors (Lipinski definition) is 3. The summed E-state index contributed by atoms with van der Waals surface area (Å²) in [6.45, 7) is 6.00. The molecule has 1 aliphatic rings. The number of nitrogens with one attached hydrogen (secondary N) is 3. The monoisotopic (exact) mass is 247 g/mol. The Labute approximate surface area is 108 Å². The Morgan fingerprint density at radius 1 is 1.33 bits per heavy atom. The fourth-order valence-corrected chi connectivity index (χ4v) is 2.08. The Kier molecular flexibility index (Phi) is 4.20. The Balaban J connectivity index is 1.94. The number of anilines is 1. The minimum Gasteiger partial charge on any atom is -0.381 e. The molecule has 1 saturated heterocycles. The molecular weight excluding hydrogens is 226 g/mol. The first-order valence-electron chi connectivity index (χ1n) is 6.53. The number of rotatable bonds is 4. The molecule has 98 valence electrons. The standard InChI is InChI=1S/C14H21N3O/c1-10(2)16-14(18)11-3-5-12(6-4-11)17-13-7-8-15-9-13/h3-6,10,13,15,17H,7-9H2,1-2H3,(H,16,18). The molecule has 1 aromatic carbocycles. The van der Waals surface area contributed by atoms with Crippen LogP contribution in [0.15, 0.2) is 24.3 Å². The summed E-state index contributed by atoms with van der Waals surface area (Å²) in [5.41, 5.74) is 1.78. The van der Waals surface area contributed by atoms with E-state index in [1.54, 1.807) is 0 Å². The van der Waals surface area contributed by atoms with E-state index in [2.05, 4.69) is 16.0 Å². The van der Waals surface area contributed by atoms with E-state index in [-0.39, 0.29) is 11.9 Å². The summed E-state index contributed by atoms with van der Waals surface area (Å²) in [7, 11) is 0. The fourth-order valence-electron chi connectivity index (χ4n) is 2.08. The van der Waals surface area contributed by atoms with Crippen molar-refractivity contribution in [1.29, 1.82) is 0 Å². The van der Waals surface area contributed by atoms with Crippen LogP contribution in [-0.4, -0.2) is 31.1 Å². The van der Waals surface area contributed by atoms with Crippen molar-refractivity contribution in [3.8, 4) is 0 Å². The average molecular weight is 247 g/mol. The van der Waals surface area contributed by atoms with E-state index in [0.717, 1.165) is 25.2 Å². The Morgan fingerprint density at radius 3 is 2.61 bits per heavy atom. The Hall–Kier alpha value is -1.55. The predicted molar refractivity (Wildman–Crippen MR) is 73.9 cm³/mol. The molecule has 0 radical (unpaired) electrons. The predicted octanol–water partition coefficient (Wildman–Crippen LogP) is 1.60. The second-order valence-corrected chi connectivity index (χ2v) is 5.04. The number of carbonyl (C=O) groups is 1. The molecule has 0 bridgehead atoms. The van der Waals surface area contributed by atoms with Crippen LogP contribution in [0.4, 0.5) is 5.69 Å². The first-order valence-corrected chi connectivity index (χ1v) is 6.53. The van der Waals surface area contributed by atoms with Gasteiger partial charge in [0.1, 0.15) is 0 Å². The van der Waals surface area contributed by atoms with Crippen LogP contribution in [0.2, 0.25) is 0 Å². The molecule has 0 saturated carbocycles. The van der Waals surface area contributed by atoms with Gasteiger partial charge in [-0.2, -0.15) is 0 Å². The molecule has 1 fully saturated rings. The third-order valence-corrected chi connectivity index (χ3v) is 3.00. The molecule has 1 unspecified atom stereocenters. The molecule has 1 aromatic rings.